The van der Waals surface area contributed by atoms with Gasteiger partial charge >= 0.3 is 0 Å². The first-order chi connectivity index (χ1) is 12.8. The third kappa shape index (κ3) is 3.61. The highest BCUT2D eigenvalue weighted by atomic mass is 16.5. The fourth-order valence-corrected chi connectivity index (χ4v) is 3.12. The third-order valence-corrected chi connectivity index (χ3v) is 4.60. The number of aryl methyl sites for hydroxylation is 1. The molecule has 0 spiro atoms. The van der Waals surface area contributed by atoms with Gasteiger partial charge in [0.1, 0.15) is 12.7 Å². The molecule has 1 aliphatic heterocycles. The van der Waals surface area contributed by atoms with Gasteiger partial charge in [0.25, 0.3) is 5.89 Å². The molecule has 3 aromatic heterocycles. The summed E-state index contributed by atoms with van der Waals surface area (Å²) in [4.78, 5) is 26.6. The summed E-state index contributed by atoms with van der Waals surface area (Å²) in [7, 11) is 0. The molecule has 26 heavy (non-hydrogen) atoms. The Morgan fingerprint density at radius 1 is 1.19 bits per heavy atom. The first kappa shape index (κ1) is 16.4. The number of aromatic nitrogens is 6. The molecular weight excluding hydrogens is 334 g/mol. The second-order valence-electron chi connectivity index (χ2n) is 6.26. The van der Waals surface area contributed by atoms with Gasteiger partial charge < -0.3 is 9.42 Å². The van der Waals surface area contributed by atoms with Gasteiger partial charge in [0.2, 0.25) is 5.91 Å². The SMILES string of the molecule is O=C(CCn1cncn1)N1CCC(c2noc(-c3ccncc3)n2)CC1. The Morgan fingerprint density at radius 3 is 2.73 bits per heavy atom. The number of pyridine rings is 1. The van der Waals surface area contributed by atoms with Crippen LogP contribution in [0.3, 0.4) is 0 Å². The van der Waals surface area contributed by atoms with Crippen molar-refractivity contribution in [3.8, 4) is 11.5 Å². The first-order valence-corrected chi connectivity index (χ1v) is 8.64. The van der Waals surface area contributed by atoms with Crippen LogP contribution in [0.15, 0.2) is 41.7 Å². The average Bonchev–Trinajstić information content (AvgIpc) is 3.39. The van der Waals surface area contributed by atoms with Crippen molar-refractivity contribution in [3.63, 3.8) is 0 Å². The van der Waals surface area contributed by atoms with Gasteiger partial charge in [0, 0.05) is 43.4 Å². The number of hydrogen-bond donors (Lipinski definition) is 0. The van der Waals surface area contributed by atoms with E-state index in [-0.39, 0.29) is 11.8 Å². The van der Waals surface area contributed by atoms with E-state index >= 15 is 0 Å². The normalized spacial score (nSPS) is 15.3. The van der Waals surface area contributed by atoms with Crippen molar-refractivity contribution in [3.05, 3.63) is 43.0 Å². The van der Waals surface area contributed by atoms with Crippen molar-refractivity contribution in [2.75, 3.05) is 13.1 Å². The van der Waals surface area contributed by atoms with Gasteiger partial charge in [0.05, 0.1) is 6.54 Å². The lowest BCUT2D eigenvalue weighted by atomic mass is 9.96. The Labute approximate surface area is 150 Å². The second-order valence-corrected chi connectivity index (χ2v) is 6.26. The highest BCUT2D eigenvalue weighted by molar-refractivity contribution is 5.76. The van der Waals surface area contributed by atoms with Gasteiger partial charge in [-0.05, 0) is 25.0 Å². The third-order valence-electron chi connectivity index (χ3n) is 4.60. The molecule has 4 rings (SSSR count). The number of rotatable bonds is 5. The van der Waals surface area contributed by atoms with Crippen LogP contribution < -0.4 is 0 Å². The molecule has 9 heteroatoms. The lowest BCUT2D eigenvalue weighted by Crippen LogP contribution is -2.38. The van der Waals surface area contributed by atoms with E-state index < -0.39 is 0 Å². The number of piperidine rings is 1. The Balaban J connectivity index is 1.31. The molecule has 0 aromatic carbocycles. The zero-order valence-corrected chi connectivity index (χ0v) is 14.2. The molecule has 0 saturated carbocycles. The molecule has 1 amide bonds. The smallest absolute Gasteiger partial charge is 0.258 e. The van der Waals surface area contributed by atoms with Crippen molar-refractivity contribution in [2.24, 2.45) is 0 Å². The molecule has 1 aliphatic rings. The minimum atomic E-state index is 0.143. The standard InChI is InChI=1S/C17H19N7O2/c25-15(5-10-24-12-19-11-20-24)23-8-3-13(4-9-23)16-21-17(26-22-16)14-1-6-18-7-2-14/h1-2,6-7,11-13H,3-5,8-10H2. The molecular formula is C17H19N7O2. The summed E-state index contributed by atoms with van der Waals surface area (Å²) in [6.45, 7) is 1.97. The van der Waals surface area contributed by atoms with Crippen molar-refractivity contribution >= 4 is 5.91 Å². The van der Waals surface area contributed by atoms with Crippen LogP contribution >= 0.6 is 0 Å². The Hall–Kier alpha value is -3.10. The van der Waals surface area contributed by atoms with Gasteiger partial charge in [-0.1, -0.05) is 5.16 Å². The first-order valence-electron chi connectivity index (χ1n) is 8.64. The van der Waals surface area contributed by atoms with E-state index in [0.717, 1.165) is 18.4 Å². The molecule has 9 nitrogen and oxygen atoms in total. The van der Waals surface area contributed by atoms with Crippen molar-refractivity contribution in [2.45, 2.75) is 31.7 Å². The number of likely N-dealkylation sites (tertiary alicyclic amines) is 1. The molecule has 134 valence electrons. The van der Waals surface area contributed by atoms with E-state index in [1.54, 1.807) is 23.4 Å². The summed E-state index contributed by atoms with van der Waals surface area (Å²) >= 11 is 0. The molecule has 0 aliphatic carbocycles. The van der Waals surface area contributed by atoms with Gasteiger partial charge in [-0.2, -0.15) is 10.1 Å². The number of hydrogen-bond acceptors (Lipinski definition) is 7. The van der Waals surface area contributed by atoms with Gasteiger partial charge in [-0.3, -0.25) is 14.5 Å². The van der Waals surface area contributed by atoms with E-state index in [9.17, 15) is 4.79 Å². The lowest BCUT2D eigenvalue weighted by Gasteiger charge is -2.30. The van der Waals surface area contributed by atoms with Crippen molar-refractivity contribution in [1.82, 2.24) is 34.8 Å². The fourth-order valence-electron chi connectivity index (χ4n) is 3.12. The average molecular weight is 353 g/mol. The second kappa shape index (κ2) is 7.42. The monoisotopic (exact) mass is 353 g/mol. The Bertz CT molecular complexity index is 839. The van der Waals surface area contributed by atoms with Crippen LogP contribution in [0.4, 0.5) is 0 Å². The topological polar surface area (TPSA) is 103 Å². The van der Waals surface area contributed by atoms with E-state index in [1.807, 2.05) is 17.0 Å². The van der Waals surface area contributed by atoms with Crippen LogP contribution in [0.25, 0.3) is 11.5 Å². The minimum Gasteiger partial charge on any atom is -0.343 e. The van der Waals surface area contributed by atoms with Crippen LogP contribution in [0.2, 0.25) is 0 Å². The number of carbonyl (C=O) groups excluding carboxylic acids is 1. The number of amides is 1. The molecule has 1 fully saturated rings. The maximum atomic E-state index is 12.3. The maximum Gasteiger partial charge on any atom is 0.258 e. The van der Waals surface area contributed by atoms with Gasteiger partial charge in [-0.15, -0.1) is 0 Å². The highest BCUT2D eigenvalue weighted by Crippen LogP contribution is 2.28. The van der Waals surface area contributed by atoms with E-state index in [2.05, 4.69) is 25.2 Å². The van der Waals surface area contributed by atoms with Crippen molar-refractivity contribution in [1.29, 1.82) is 0 Å². The quantitative estimate of drug-likeness (QED) is 0.685. The highest BCUT2D eigenvalue weighted by Gasteiger charge is 2.27. The summed E-state index contributed by atoms with van der Waals surface area (Å²) in [6.07, 6.45) is 8.60. The summed E-state index contributed by atoms with van der Waals surface area (Å²) in [5, 5.41) is 8.14. The molecule has 0 unspecified atom stereocenters. The van der Waals surface area contributed by atoms with Crippen LogP contribution in [0.5, 0.6) is 0 Å². The van der Waals surface area contributed by atoms with Crippen LogP contribution in [0, 0.1) is 0 Å². The molecule has 1 saturated heterocycles. The number of nitrogens with zero attached hydrogens (tertiary/aromatic N) is 7. The summed E-state index contributed by atoms with van der Waals surface area (Å²) in [5.74, 6) is 1.58. The fraction of sp³-hybridized carbons (Fsp3) is 0.412. The predicted molar refractivity (Wildman–Crippen MR) is 90.7 cm³/mol. The van der Waals surface area contributed by atoms with E-state index in [1.165, 1.54) is 6.33 Å². The van der Waals surface area contributed by atoms with Crippen LogP contribution in [0.1, 0.15) is 31.0 Å². The minimum absolute atomic E-state index is 0.143. The van der Waals surface area contributed by atoms with Gasteiger partial charge in [0.15, 0.2) is 5.82 Å². The zero-order valence-electron chi connectivity index (χ0n) is 14.2. The Kier molecular flexibility index (Phi) is 4.67. The zero-order chi connectivity index (χ0) is 17.8. The molecule has 4 heterocycles. The van der Waals surface area contributed by atoms with Gasteiger partial charge in [-0.25, -0.2) is 4.98 Å². The van der Waals surface area contributed by atoms with E-state index in [4.69, 9.17) is 4.52 Å². The summed E-state index contributed by atoms with van der Waals surface area (Å²) in [5.41, 5.74) is 0.861. The molecule has 0 bridgehead atoms. The summed E-state index contributed by atoms with van der Waals surface area (Å²) < 4.78 is 7.04. The largest absolute Gasteiger partial charge is 0.343 e. The molecule has 0 N–H and O–H groups in total. The van der Waals surface area contributed by atoms with Crippen LogP contribution in [-0.2, 0) is 11.3 Å². The number of carbonyl (C=O) groups is 1. The lowest BCUT2D eigenvalue weighted by molar-refractivity contribution is -0.132. The van der Waals surface area contributed by atoms with Crippen LogP contribution in [-0.4, -0.2) is 53.8 Å². The maximum absolute atomic E-state index is 12.3. The predicted octanol–water partition coefficient (Wildman–Crippen LogP) is 1.52. The van der Waals surface area contributed by atoms with E-state index in [0.29, 0.717) is 37.8 Å². The molecule has 0 atom stereocenters. The van der Waals surface area contributed by atoms with Crippen molar-refractivity contribution < 1.29 is 9.32 Å². The Morgan fingerprint density at radius 2 is 2.00 bits per heavy atom. The molecule has 3 aromatic rings. The molecule has 0 radical (unpaired) electrons. The summed E-state index contributed by atoms with van der Waals surface area (Å²) in [6, 6.07) is 3.68.